The number of aromatic nitrogens is 1. The summed E-state index contributed by atoms with van der Waals surface area (Å²) in [4.78, 5) is 29.8. The molecule has 1 amide bonds. The van der Waals surface area contributed by atoms with Gasteiger partial charge in [0.05, 0.1) is 5.41 Å². The van der Waals surface area contributed by atoms with Crippen LogP contribution in [0.15, 0.2) is 24.5 Å². The second-order valence-corrected chi connectivity index (χ2v) is 6.11. The maximum absolute atomic E-state index is 12.4. The summed E-state index contributed by atoms with van der Waals surface area (Å²) in [7, 11) is 0. The van der Waals surface area contributed by atoms with Gasteiger partial charge in [-0.3, -0.25) is 14.6 Å². The van der Waals surface area contributed by atoms with Crippen molar-refractivity contribution in [3.05, 3.63) is 30.1 Å². The van der Waals surface area contributed by atoms with Crippen LogP contribution in [0.1, 0.15) is 44.6 Å². The van der Waals surface area contributed by atoms with Gasteiger partial charge in [0.2, 0.25) is 5.91 Å². The number of carboxylic acids is 1. The highest BCUT2D eigenvalue weighted by atomic mass is 16.4. The number of carbonyl (C=O) groups is 2. The van der Waals surface area contributed by atoms with Gasteiger partial charge in [0.25, 0.3) is 0 Å². The zero-order valence-corrected chi connectivity index (χ0v) is 13.1. The second kappa shape index (κ2) is 7.38. The van der Waals surface area contributed by atoms with E-state index in [0.29, 0.717) is 38.8 Å². The Morgan fingerprint density at radius 2 is 2.09 bits per heavy atom. The van der Waals surface area contributed by atoms with Crippen LogP contribution in [0.3, 0.4) is 0 Å². The van der Waals surface area contributed by atoms with Crippen molar-refractivity contribution in [2.24, 2.45) is 5.41 Å². The molecular weight excluding hydrogens is 280 g/mol. The molecule has 1 N–H and O–H groups in total. The van der Waals surface area contributed by atoms with Crippen LogP contribution in [0.5, 0.6) is 0 Å². The molecule has 0 bridgehead atoms. The lowest BCUT2D eigenvalue weighted by Gasteiger charge is -2.40. The molecule has 22 heavy (non-hydrogen) atoms. The van der Waals surface area contributed by atoms with E-state index in [1.807, 2.05) is 19.1 Å². The molecule has 1 atom stereocenters. The molecule has 1 aliphatic rings. The van der Waals surface area contributed by atoms with Gasteiger partial charge in [-0.15, -0.1) is 0 Å². The quantitative estimate of drug-likeness (QED) is 0.876. The number of amides is 1. The summed E-state index contributed by atoms with van der Waals surface area (Å²) >= 11 is 0. The molecular formula is C17H24N2O3. The Hall–Kier alpha value is -1.91. The summed E-state index contributed by atoms with van der Waals surface area (Å²) in [5.74, 6) is -0.709. The highest BCUT2D eigenvalue weighted by molar-refractivity contribution is 5.80. The summed E-state index contributed by atoms with van der Waals surface area (Å²) in [6, 6.07) is 3.81. The summed E-state index contributed by atoms with van der Waals surface area (Å²) in [6.45, 7) is 3.02. The number of piperidine rings is 1. The van der Waals surface area contributed by atoms with Gasteiger partial charge in [-0.1, -0.05) is 13.3 Å². The Bertz CT molecular complexity index is 514. The Morgan fingerprint density at radius 3 is 2.73 bits per heavy atom. The minimum absolute atomic E-state index is 0.0539. The Balaban J connectivity index is 1.96. The number of hydrogen-bond acceptors (Lipinski definition) is 3. The van der Waals surface area contributed by atoms with Gasteiger partial charge in [-0.05, 0) is 43.4 Å². The van der Waals surface area contributed by atoms with E-state index in [1.54, 1.807) is 17.3 Å². The Kier molecular flexibility index (Phi) is 5.52. The first kappa shape index (κ1) is 16.5. The van der Waals surface area contributed by atoms with Crippen molar-refractivity contribution in [2.45, 2.75) is 45.4 Å². The molecule has 1 aromatic rings. The van der Waals surface area contributed by atoms with Gasteiger partial charge in [0, 0.05) is 31.9 Å². The fourth-order valence-corrected chi connectivity index (χ4v) is 3.27. The van der Waals surface area contributed by atoms with Crippen molar-refractivity contribution in [2.75, 3.05) is 13.1 Å². The third-order valence-electron chi connectivity index (χ3n) is 4.49. The minimum Gasteiger partial charge on any atom is -0.481 e. The van der Waals surface area contributed by atoms with Crippen LogP contribution >= 0.6 is 0 Å². The van der Waals surface area contributed by atoms with E-state index in [4.69, 9.17) is 0 Å². The van der Waals surface area contributed by atoms with Crippen molar-refractivity contribution in [3.8, 4) is 0 Å². The van der Waals surface area contributed by atoms with Crippen LogP contribution in [-0.2, 0) is 16.0 Å². The van der Waals surface area contributed by atoms with Crippen molar-refractivity contribution >= 4 is 11.9 Å². The molecule has 0 aromatic carbocycles. The van der Waals surface area contributed by atoms with Gasteiger partial charge in [-0.2, -0.15) is 0 Å². The molecule has 1 fully saturated rings. The molecule has 2 heterocycles. The van der Waals surface area contributed by atoms with Gasteiger partial charge >= 0.3 is 5.97 Å². The average molecular weight is 304 g/mol. The summed E-state index contributed by atoms with van der Waals surface area (Å²) in [5.41, 5.74) is 0.331. The number of hydrogen-bond donors (Lipinski definition) is 1. The molecule has 1 aromatic heterocycles. The zero-order chi connectivity index (χ0) is 16.0. The maximum atomic E-state index is 12.4. The molecule has 1 saturated heterocycles. The maximum Gasteiger partial charge on any atom is 0.311 e. The largest absolute Gasteiger partial charge is 0.481 e. The summed E-state index contributed by atoms with van der Waals surface area (Å²) < 4.78 is 0. The highest BCUT2D eigenvalue weighted by Crippen LogP contribution is 2.35. The van der Waals surface area contributed by atoms with Crippen LogP contribution < -0.4 is 0 Å². The van der Waals surface area contributed by atoms with E-state index >= 15 is 0 Å². The molecule has 120 valence electrons. The Morgan fingerprint density at radius 1 is 1.36 bits per heavy atom. The van der Waals surface area contributed by atoms with Crippen LogP contribution in [0.4, 0.5) is 0 Å². The number of aryl methyl sites for hydroxylation is 1. The number of pyridine rings is 1. The number of carbonyl (C=O) groups excluding carboxylic acids is 1. The van der Waals surface area contributed by atoms with Crippen LogP contribution in [0.25, 0.3) is 0 Å². The van der Waals surface area contributed by atoms with Crippen molar-refractivity contribution < 1.29 is 14.7 Å². The molecule has 2 rings (SSSR count). The standard InChI is InChI=1S/C17H24N2O3/c1-2-8-17(16(21)22)9-3-12-19(13-17)15(20)5-4-14-6-10-18-11-7-14/h6-7,10-11H,2-5,8-9,12-13H2,1H3,(H,21,22). The Labute approximate surface area is 131 Å². The van der Waals surface area contributed by atoms with Gasteiger partial charge < -0.3 is 10.0 Å². The van der Waals surface area contributed by atoms with Crippen LogP contribution in [-0.4, -0.2) is 40.0 Å². The molecule has 0 radical (unpaired) electrons. The predicted octanol–water partition coefficient (Wildman–Crippen LogP) is 2.51. The summed E-state index contributed by atoms with van der Waals surface area (Å²) in [6.07, 6.45) is 7.44. The van der Waals surface area contributed by atoms with Crippen molar-refractivity contribution in [3.63, 3.8) is 0 Å². The summed E-state index contributed by atoms with van der Waals surface area (Å²) in [5, 5.41) is 9.58. The normalized spacial score (nSPS) is 21.6. The van der Waals surface area contributed by atoms with E-state index in [1.165, 1.54) is 0 Å². The molecule has 0 spiro atoms. The topological polar surface area (TPSA) is 70.5 Å². The SMILES string of the molecule is CCCC1(C(=O)O)CCCN(C(=O)CCc2ccncc2)C1. The second-order valence-electron chi connectivity index (χ2n) is 6.11. The van der Waals surface area contributed by atoms with E-state index in [2.05, 4.69) is 4.98 Å². The highest BCUT2D eigenvalue weighted by Gasteiger charge is 2.42. The lowest BCUT2D eigenvalue weighted by atomic mass is 9.76. The monoisotopic (exact) mass is 304 g/mol. The third-order valence-corrected chi connectivity index (χ3v) is 4.49. The fraction of sp³-hybridized carbons (Fsp3) is 0.588. The number of nitrogens with zero attached hydrogens (tertiary/aromatic N) is 2. The smallest absolute Gasteiger partial charge is 0.311 e. The first-order valence-electron chi connectivity index (χ1n) is 7.97. The first-order valence-corrected chi connectivity index (χ1v) is 7.97. The lowest BCUT2D eigenvalue weighted by molar-refractivity contribution is -0.155. The molecule has 0 aliphatic carbocycles. The van der Waals surface area contributed by atoms with Gasteiger partial charge in [-0.25, -0.2) is 0 Å². The predicted molar refractivity (Wildman–Crippen MR) is 83.3 cm³/mol. The van der Waals surface area contributed by atoms with Gasteiger partial charge in [0.1, 0.15) is 0 Å². The number of aliphatic carboxylic acids is 1. The van der Waals surface area contributed by atoms with Gasteiger partial charge in [0.15, 0.2) is 0 Å². The van der Waals surface area contributed by atoms with Crippen molar-refractivity contribution in [1.29, 1.82) is 0 Å². The minimum atomic E-state index is -0.763. The van der Waals surface area contributed by atoms with Crippen molar-refractivity contribution in [1.82, 2.24) is 9.88 Å². The van der Waals surface area contributed by atoms with E-state index < -0.39 is 11.4 Å². The number of rotatable bonds is 6. The number of carboxylic acid groups (broad SMARTS) is 1. The van der Waals surface area contributed by atoms with Crippen LogP contribution in [0.2, 0.25) is 0 Å². The van der Waals surface area contributed by atoms with Crippen LogP contribution in [0, 0.1) is 5.41 Å². The number of likely N-dealkylation sites (tertiary alicyclic amines) is 1. The average Bonchev–Trinajstić information content (AvgIpc) is 2.54. The zero-order valence-electron chi connectivity index (χ0n) is 13.1. The molecule has 1 unspecified atom stereocenters. The first-order chi connectivity index (χ1) is 10.6. The lowest BCUT2D eigenvalue weighted by Crippen LogP contribution is -2.50. The molecule has 1 aliphatic heterocycles. The van der Waals surface area contributed by atoms with E-state index in [-0.39, 0.29) is 5.91 Å². The third kappa shape index (κ3) is 3.84. The molecule has 5 nitrogen and oxygen atoms in total. The van der Waals surface area contributed by atoms with E-state index in [9.17, 15) is 14.7 Å². The molecule has 0 saturated carbocycles. The molecule has 5 heteroatoms. The van der Waals surface area contributed by atoms with E-state index in [0.717, 1.165) is 18.4 Å². The fourth-order valence-electron chi connectivity index (χ4n) is 3.27.